The zero-order chi connectivity index (χ0) is 12.7. The van der Waals surface area contributed by atoms with E-state index in [1.54, 1.807) is 0 Å². The highest BCUT2D eigenvalue weighted by Crippen LogP contribution is 2.30. The number of amides is 1. The van der Waals surface area contributed by atoms with E-state index in [2.05, 4.69) is 11.9 Å². The monoisotopic (exact) mass is 241 g/mol. The second-order valence-corrected chi connectivity index (χ2v) is 4.23. The van der Waals surface area contributed by atoms with E-state index < -0.39 is 5.97 Å². The molecule has 0 aliphatic heterocycles. The average molecular weight is 241 g/mol. The number of rotatable bonds is 7. The molecule has 5 heteroatoms. The molecule has 5 nitrogen and oxygen atoms in total. The van der Waals surface area contributed by atoms with Crippen molar-refractivity contribution in [3.63, 3.8) is 0 Å². The van der Waals surface area contributed by atoms with E-state index in [1.807, 2.05) is 0 Å². The van der Waals surface area contributed by atoms with Crippen molar-refractivity contribution in [3.8, 4) is 0 Å². The minimum absolute atomic E-state index is 0.0349. The second-order valence-electron chi connectivity index (χ2n) is 4.23. The molecule has 0 radical (unpaired) electrons. The minimum Gasteiger partial charge on any atom is -0.502 e. The van der Waals surface area contributed by atoms with Gasteiger partial charge in [0.05, 0.1) is 18.8 Å². The van der Waals surface area contributed by atoms with Crippen molar-refractivity contribution in [1.29, 1.82) is 0 Å². The number of carbonyl (C=O) groups excluding carboxylic acids is 1. The van der Waals surface area contributed by atoms with Crippen LogP contribution in [0.3, 0.4) is 0 Å². The molecule has 1 aliphatic rings. The van der Waals surface area contributed by atoms with Gasteiger partial charge in [0.1, 0.15) is 0 Å². The molecule has 0 heterocycles. The first-order chi connectivity index (χ1) is 8.15. The maximum atomic E-state index is 11.7. The van der Waals surface area contributed by atoms with Crippen molar-refractivity contribution in [1.82, 2.24) is 5.32 Å². The van der Waals surface area contributed by atoms with Crippen LogP contribution in [0.4, 0.5) is 0 Å². The van der Waals surface area contributed by atoms with Crippen molar-refractivity contribution in [2.75, 3.05) is 13.2 Å². The number of nitrogens with one attached hydrogen (secondary N) is 1. The third-order valence-electron chi connectivity index (χ3n) is 3.01. The zero-order valence-electron chi connectivity index (χ0n) is 9.85. The molecule has 0 saturated heterocycles. The van der Waals surface area contributed by atoms with Crippen LogP contribution in [0.15, 0.2) is 12.8 Å². The number of ether oxygens (including phenoxy) is 1. The van der Waals surface area contributed by atoms with Gasteiger partial charge in [-0.25, -0.2) is 0 Å². The summed E-state index contributed by atoms with van der Waals surface area (Å²) in [5.41, 5.74) is 0. The quantitative estimate of drug-likeness (QED) is 0.518. The molecule has 1 amide bonds. The van der Waals surface area contributed by atoms with Crippen LogP contribution in [0.25, 0.3) is 0 Å². The summed E-state index contributed by atoms with van der Waals surface area (Å²) in [7, 11) is 0. The Morgan fingerprint density at radius 3 is 2.71 bits per heavy atom. The molecule has 2 atom stereocenters. The summed E-state index contributed by atoms with van der Waals surface area (Å²) in [6.07, 6.45) is 3.84. The first-order valence-corrected chi connectivity index (χ1v) is 5.88. The molecule has 0 bridgehead atoms. The van der Waals surface area contributed by atoms with Gasteiger partial charge < -0.3 is 15.2 Å². The molecule has 2 unspecified atom stereocenters. The molecule has 1 rings (SSSR count). The molecule has 1 aliphatic carbocycles. The molecule has 1 saturated carbocycles. The summed E-state index contributed by atoms with van der Waals surface area (Å²) >= 11 is 0. The topological polar surface area (TPSA) is 75.6 Å². The van der Waals surface area contributed by atoms with Crippen LogP contribution in [-0.4, -0.2) is 30.1 Å². The third kappa shape index (κ3) is 4.46. The number of carbonyl (C=O) groups is 2. The van der Waals surface area contributed by atoms with Gasteiger partial charge in [0, 0.05) is 12.5 Å². The van der Waals surface area contributed by atoms with E-state index in [0.717, 1.165) is 6.42 Å². The predicted molar refractivity (Wildman–Crippen MR) is 62.2 cm³/mol. The van der Waals surface area contributed by atoms with Gasteiger partial charge in [-0.05, 0) is 25.7 Å². The van der Waals surface area contributed by atoms with E-state index in [1.165, 1.54) is 6.26 Å². The zero-order valence-corrected chi connectivity index (χ0v) is 9.85. The van der Waals surface area contributed by atoms with Gasteiger partial charge in [-0.3, -0.25) is 9.59 Å². The molecule has 0 spiro atoms. The molecule has 0 aromatic heterocycles. The lowest BCUT2D eigenvalue weighted by molar-refractivity contribution is -0.141. The van der Waals surface area contributed by atoms with E-state index in [0.29, 0.717) is 32.4 Å². The highest BCUT2D eigenvalue weighted by atomic mass is 16.5. The number of carboxylic acid groups (broad SMARTS) is 1. The van der Waals surface area contributed by atoms with Crippen molar-refractivity contribution < 1.29 is 19.4 Å². The Labute approximate surface area is 101 Å². The fraction of sp³-hybridized carbons (Fsp3) is 0.667. The SMILES string of the molecule is C=COCCCNC(=O)C1CCC(C(=O)O)C1. The van der Waals surface area contributed by atoms with Crippen LogP contribution in [0.2, 0.25) is 0 Å². The van der Waals surface area contributed by atoms with Gasteiger partial charge in [-0.15, -0.1) is 0 Å². The summed E-state index contributed by atoms with van der Waals surface area (Å²) in [6, 6.07) is 0. The Balaban J connectivity index is 2.16. The highest BCUT2D eigenvalue weighted by Gasteiger charge is 2.33. The van der Waals surface area contributed by atoms with Crippen molar-refractivity contribution in [2.24, 2.45) is 11.8 Å². The lowest BCUT2D eigenvalue weighted by atomic mass is 10.0. The molecular formula is C12H19NO4. The average Bonchev–Trinajstić information content (AvgIpc) is 2.78. The maximum absolute atomic E-state index is 11.7. The summed E-state index contributed by atoms with van der Waals surface area (Å²) in [4.78, 5) is 22.4. The number of hydrogen-bond acceptors (Lipinski definition) is 3. The normalized spacial score (nSPS) is 23.1. The number of carboxylic acids is 1. The first-order valence-electron chi connectivity index (χ1n) is 5.88. The Bertz CT molecular complexity index is 290. The van der Waals surface area contributed by atoms with Crippen molar-refractivity contribution in [3.05, 3.63) is 12.8 Å². The molecule has 1 fully saturated rings. The Morgan fingerprint density at radius 2 is 2.12 bits per heavy atom. The first kappa shape index (κ1) is 13.5. The molecule has 0 aromatic carbocycles. The summed E-state index contributed by atoms with van der Waals surface area (Å²) in [5, 5.41) is 11.6. The van der Waals surface area contributed by atoms with Gasteiger partial charge >= 0.3 is 5.97 Å². The second kappa shape index (κ2) is 6.93. The van der Waals surface area contributed by atoms with Gasteiger partial charge in [-0.2, -0.15) is 0 Å². The fourth-order valence-corrected chi connectivity index (χ4v) is 2.04. The van der Waals surface area contributed by atoms with Crippen LogP contribution >= 0.6 is 0 Å². The van der Waals surface area contributed by atoms with Gasteiger partial charge in [-0.1, -0.05) is 6.58 Å². The van der Waals surface area contributed by atoms with Crippen LogP contribution in [0.5, 0.6) is 0 Å². The molecule has 2 N–H and O–H groups in total. The maximum Gasteiger partial charge on any atom is 0.306 e. The van der Waals surface area contributed by atoms with Gasteiger partial charge in [0.15, 0.2) is 0 Å². The van der Waals surface area contributed by atoms with E-state index in [4.69, 9.17) is 9.84 Å². The third-order valence-corrected chi connectivity index (χ3v) is 3.01. The Morgan fingerprint density at radius 1 is 1.41 bits per heavy atom. The standard InChI is InChI=1S/C12H19NO4/c1-2-17-7-3-6-13-11(14)9-4-5-10(8-9)12(15)16/h2,9-10H,1,3-8H2,(H,13,14)(H,15,16). The lowest BCUT2D eigenvalue weighted by Gasteiger charge is -2.10. The summed E-state index contributed by atoms with van der Waals surface area (Å²) in [5.74, 6) is -1.32. The largest absolute Gasteiger partial charge is 0.502 e. The Hall–Kier alpha value is -1.52. The molecule has 96 valence electrons. The van der Waals surface area contributed by atoms with E-state index >= 15 is 0 Å². The molecular weight excluding hydrogens is 222 g/mol. The van der Waals surface area contributed by atoms with Crippen molar-refractivity contribution >= 4 is 11.9 Å². The van der Waals surface area contributed by atoms with Crippen LogP contribution in [0.1, 0.15) is 25.7 Å². The van der Waals surface area contributed by atoms with Crippen molar-refractivity contribution in [2.45, 2.75) is 25.7 Å². The summed E-state index contributed by atoms with van der Waals surface area (Å²) in [6.45, 7) is 4.51. The fourth-order valence-electron chi connectivity index (χ4n) is 2.04. The van der Waals surface area contributed by atoms with Crippen LogP contribution in [-0.2, 0) is 14.3 Å². The van der Waals surface area contributed by atoms with Crippen LogP contribution in [0, 0.1) is 11.8 Å². The minimum atomic E-state index is -0.792. The summed E-state index contributed by atoms with van der Waals surface area (Å²) < 4.78 is 4.92. The lowest BCUT2D eigenvalue weighted by Crippen LogP contribution is -2.31. The molecule has 0 aromatic rings. The predicted octanol–water partition coefficient (Wildman–Crippen LogP) is 1.15. The van der Waals surface area contributed by atoms with Gasteiger partial charge in [0.25, 0.3) is 0 Å². The van der Waals surface area contributed by atoms with E-state index in [-0.39, 0.29) is 17.7 Å². The molecule has 17 heavy (non-hydrogen) atoms. The number of aliphatic carboxylic acids is 1. The smallest absolute Gasteiger partial charge is 0.306 e. The van der Waals surface area contributed by atoms with Crippen LogP contribution < -0.4 is 5.32 Å². The van der Waals surface area contributed by atoms with E-state index in [9.17, 15) is 9.59 Å². The van der Waals surface area contributed by atoms with Gasteiger partial charge in [0.2, 0.25) is 5.91 Å². The highest BCUT2D eigenvalue weighted by molar-refractivity contribution is 5.80. The Kier molecular flexibility index (Phi) is 5.52. The number of hydrogen-bond donors (Lipinski definition) is 2.